The molecule has 0 aliphatic rings. The van der Waals surface area contributed by atoms with Crippen LogP contribution < -0.4 is 11.1 Å². The lowest BCUT2D eigenvalue weighted by molar-refractivity contribution is 0.405. The zero-order valence-corrected chi connectivity index (χ0v) is 11.9. The molecule has 2 rings (SSSR count). The van der Waals surface area contributed by atoms with Gasteiger partial charge in [-0.3, -0.25) is 0 Å². The molecule has 4 heteroatoms. The molecule has 0 unspecified atom stereocenters. The van der Waals surface area contributed by atoms with E-state index in [2.05, 4.69) is 35.4 Å². The predicted molar refractivity (Wildman–Crippen MR) is 82.6 cm³/mol. The third-order valence-electron chi connectivity index (χ3n) is 3.21. The number of nitrogen functional groups attached to an aromatic ring is 1. The number of aryl methyl sites for hydroxylation is 1. The summed E-state index contributed by atoms with van der Waals surface area (Å²) in [7, 11) is 4.17. The molecule has 0 aliphatic carbocycles. The van der Waals surface area contributed by atoms with Crippen molar-refractivity contribution >= 4 is 22.3 Å². The third kappa shape index (κ3) is 3.15. The molecule has 3 N–H and O–H groups in total. The molecule has 0 fully saturated rings. The van der Waals surface area contributed by atoms with Crippen molar-refractivity contribution in [3.05, 3.63) is 30.0 Å². The van der Waals surface area contributed by atoms with Gasteiger partial charge in [0.1, 0.15) is 5.82 Å². The number of aromatic nitrogens is 1. The largest absolute Gasteiger partial charge is 0.398 e. The molecular weight excluding hydrogens is 236 g/mol. The molecule has 0 spiro atoms. The summed E-state index contributed by atoms with van der Waals surface area (Å²) in [6, 6.07) is 5.98. The molecule has 1 aromatic heterocycles. The lowest BCUT2D eigenvalue weighted by atomic mass is 10.1. The van der Waals surface area contributed by atoms with Crippen molar-refractivity contribution in [1.82, 2.24) is 9.88 Å². The summed E-state index contributed by atoms with van der Waals surface area (Å²) in [6.07, 6.45) is 2.97. The molecule has 0 atom stereocenters. The van der Waals surface area contributed by atoms with E-state index in [1.54, 1.807) is 0 Å². The van der Waals surface area contributed by atoms with Crippen LogP contribution in [0.1, 0.15) is 12.0 Å². The molecule has 0 aliphatic heterocycles. The summed E-state index contributed by atoms with van der Waals surface area (Å²) in [5.41, 5.74) is 7.99. The van der Waals surface area contributed by atoms with E-state index in [-0.39, 0.29) is 0 Å². The first-order valence-corrected chi connectivity index (χ1v) is 6.62. The number of anilines is 2. The average Bonchev–Trinajstić information content (AvgIpc) is 2.36. The molecule has 0 saturated carbocycles. The fourth-order valence-corrected chi connectivity index (χ4v) is 2.25. The van der Waals surface area contributed by atoms with Crippen LogP contribution in [0.3, 0.4) is 0 Å². The number of nitrogens with one attached hydrogen (secondary N) is 1. The number of pyridine rings is 1. The lowest BCUT2D eigenvalue weighted by Gasteiger charge is -2.13. The first kappa shape index (κ1) is 13.6. The fourth-order valence-electron chi connectivity index (χ4n) is 2.25. The lowest BCUT2D eigenvalue weighted by Crippen LogP contribution is -2.16. The molecule has 0 radical (unpaired) electrons. The Morgan fingerprint density at radius 3 is 2.84 bits per heavy atom. The second-order valence-corrected chi connectivity index (χ2v) is 5.14. The van der Waals surface area contributed by atoms with E-state index in [0.29, 0.717) is 0 Å². The van der Waals surface area contributed by atoms with Gasteiger partial charge in [0.2, 0.25) is 0 Å². The highest BCUT2D eigenvalue weighted by atomic mass is 15.1. The minimum Gasteiger partial charge on any atom is -0.398 e. The van der Waals surface area contributed by atoms with Crippen LogP contribution in [0.15, 0.2) is 24.4 Å². The first-order chi connectivity index (χ1) is 9.09. The maximum absolute atomic E-state index is 6.06. The van der Waals surface area contributed by atoms with Crippen LogP contribution in [-0.2, 0) is 0 Å². The maximum atomic E-state index is 6.06. The van der Waals surface area contributed by atoms with E-state index in [1.807, 2.05) is 25.3 Å². The molecule has 1 aromatic carbocycles. The van der Waals surface area contributed by atoms with Crippen molar-refractivity contribution in [3.63, 3.8) is 0 Å². The second kappa shape index (κ2) is 5.89. The van der Waals surface area contributed by atoms with Gasteiger partial charge < -0.3 is 16.0 Å². The smallest absolute Gasteiger partial charge is 0.133 e. The molecule has 2 aromatic rings. The Kier molecular flexibility index (Phi) is 4.22. The Bertz CT molecular complexity index is 555. The van der Waals surface area contributed by atoms with Crippen LogP contribution in [0.25, 0.3) is 10.8 Å². The van der Waals surface area contributed by atoms with E-state index >= 15 is 0 Å². The molecule has 102 valence electrons. The van der Waals surface area contributed by atoms with Gasteiger partial charge in [-0.25, -0.2) is 4.98 Å². The standard InChI is InChI=1S/C15H22N4/c1-11-10-18-15(17-8-5-9-19(2)3)12-6-4-7-13(16)14(11)12/h4,6-7,10H,5,8-9,16H2,1-3H3,(H,17,18). The minimum absolute atomic E-state index is 0.814. The van der Waals surface area contributed by atoms with Crippen molar-refractivity contribution in [1.29, 1.82) is 0 Å². The summed E-state index contributed by atoms with van der Waals surface area (Å²) in [4.78, 5) is 6.66. The van der Waals surface area contributed by atoms with Gasteiger partial charge in [-0.05, 0) is 45.6 Å². The average molecular weight is 258 g/mol. The van der Waals surface area contributed by atoms with Gasteiger partial charge in [0.15, 0.2) is 0 Å². The topological polar surface area (TPSA) is 54.2 Å². The Morgan fingerprint density at radius 1 is 1.32 bits per heavy atom. The van der Waals surface area contributed by atoms with Gasteiger partial charge in [-0.1, -0.05) is 12.1 Å². The van der Waals surface area contributed by atoms with Crippen molar-refractivity contribution < 1.29 is 0 Å². The van der Waals surface area contributed by atoms with Crippen molar-refractivity contribution in [2.75, 3.05) is 38.2 Å². The Balaban J connectivity index is 2.20. The first-order valence-electron chi connectivity index (χ1n) is 6.62. The number of benzene rings is 1. The monoisotopic (exact) mass is 258 g/mol. The molecule has 0 saturated heterocycles. The maximum Gasteiger partial charge on any atom is 0.133 e. The van der Waals surface area contributed by atoms with Gasteiger partial charge in [0.05, 0.1) is 0 Å². The predicted octanol–water partition coefficient (Wildman–Crippen LogP) is 2.49. The highest BCUT2D eigenvalue weighted by molar-refractivity contribution is 6.01. The molecule has 0 bridgehead atoms. The van der Waals surface area contributed by atoms with Crippen LogP contribution in [0.4, 0.5) is 11.5 Å². The van der Waals surface area contributed by atoms with Crippen LogP contribution in [-0.4, -0.2) is 37.1 Å². The number of hydrogen-bond donors (Lipinski definition) is 2. The minimum atomic E-state index is 0.814. The summed E-state index contributed by atoms with van der Waals surface area (Å²) in [5, 5.41) is 5.61. The van der Waals surface area contributed by atoms with Crippen LogP contribution in [0.5, 0.6) is 0 Å². The normalized spacial score (nSPS) is 11.2. The molecule has 0 amide bonds. The van der Waals surface area contributed by atoms with Gasteiger partial charge in [0.25, 0.3) is 0 Å². The second-order valence-electron chi connectivity index (χ2n) is 5.14. The molecule has 19 heavy (non-hydrogen) atoms. The molecular formula is C15H22N4. The third-order valence-corrected chi connectivity index (χ3v) is 3.21. The Hall–Kier alpha value is -1.81. The zero-order chi connectivity index (χ0) is 13.8. The number of nitrogens with zero attached hydrogens (tertiary/aromatic N) is 2. The Morgan fingerprint density at radius 2 is 2.11 bits per heavy atom. The van der Waals surface area contributed by atoms with Gasteiger partial charge in [-0.15, -0.1) is 0 Å². The van der Waals surface area contributed by atoms with Crippen LogP contribution >= 0.6 is 0 Å². The van der Waals surface area contributed by atoms with Crippen molar-refractivity contribution in [3.8, 4) is 0 Å². The van der Waals surface area contributed by atoms with E-state index in [1.165, 1.54) is 0 Å². The molecule has 4 nitrogen and oxygen atoms in total. The van der Waals surface area contributed by atoms with Crippen LogP contribution in [0.2, 0.25) is 0 Å². The summed E-state index contributed by atoms with van der Waals surface area (Å²) in [6.45, 7) is 4.03. The van der Waals surface area contributed by atoms with Crippen molar-refractivity contribution in [2.24, 2.45) is 0 Å². The SMILES string of the molecule is Cc1cnc(NCCCN(C)C)c2cccc(N)c12. The fraction of sp³-hybridized carbons (Fsp3) is 0.400. The highest BCUT2D eigenvalue weighted by Crippen LogP contribution is 2.28. The van der Waals surface area contributed by atoms with E-state index in [9.17, 15) is 0 Å². The van der Waals surface area contributed by atoms with Gasteiger partial charge in [0, 0.05) is 29.2 Å². The summed E-state index contributed by atoms with van der Waals surface area (Å²) < 4.78 is 0. The van der Waals surface area contributed by atoms with Gasteiger partial charge in [-0.2, -0.15) is 0 Å². The highest BCUT2D eigenvalue weighted by Gasteiger charge is 2.07. The summed E-state index contributed by atoms with van der Waals surface area (Å²) >= 11 is 0. The zero-order valence-electron chi connectivity index (χ0n) is 11.9. The number of hydrogen-bond acceptors (Lipinski definition) is 4. The van der Waals surface area contributed by atoms with E-state index in [0.717, 1.165) is 47.4 Å². The molecule has 1 heterocycles. The van der Waals surface area contributed by atoms with Crippen LogP contribution in [0, 0.1) is 6.92 Å². The number of rotatable bonds is 5. The Labute approximate surface area is 114 Å². The van der Waals surface area contributed by atoms with Gasteiger partial charge >= 0.3 is 0 Å². The van der Waals surface area contributed by atoms with Crippen molar-refractivity contribution in [2.45, 2.75) is 13.3 Å². The van der Waals surface area contributed by atoms with E-state index < -0.39 is 0 Å². The summed E-state index contributed by atoms with van der Waals surface area (Å²) in [5.74, 6) is 0.923. The number of fused-ring (bicyclic) bond motifs is 1. The quantitative estimate of drug-likeness (QED) is 0.639. The number of nitrogens with two attached hydrogens (primary N) is 1. The van der Waals surface area contributed by atoms with E-state index in [4.69, 9.17) is 5.73 Å².